The lowest BCUT2D eigenvalue weighted by molar-refractivity contribution is 0.0710. The predicted molar refractivity (Wildman–Crippen MR) is 99.4 cm³/mol. The van der Waals surface area contributed by atoms with Crippen LogP contribution in [-0.4, -0.2) is 79.0 Å². The number of aromatic nitrogens is 6. The maximum absolute atomic E-state index is 12.8. The van der Waals surface area contributed by atoms with E-state index >= 15 is 0 Å². The second-order valence-corrected chi connectivity index (χ2v) is 7.25. The molecule has 142 valence electrons. The van der Waals surface area contributed by atoms with Crippen LogP contribution in [0, 0.1) is 0 Å². The molecule has 0 atom stereocenters. The van der Waals surface area contributed by atoms with Crippen LogP contribution in [0.4, 0.5) is 0 Å². The molecule has 27 heavy (non-hydrogen) atoms. The standard InChI is InChI=1S/C18H24N8O/c1-23(2)11-12-24-10-6-19-17(24)14-3-7-25(8-4-14)18(27)15-5-9-26-16(13-15)20-21-22-26/h5-6,9-10,13-14H,3-4,7-8,11-12H2,1-2H3. The number of pyridine rings is 1. The number of amides is 1. The highest BCUT2D eigenvalue weighted by Gasteiger charge is 2.27. The second kappa shape index (κ2) is 7.43. The van der Waals surface area contributed by atoms with Crippen LogP contribution >= 0.6 is 0 Å². The van der Waals surface area contributed by atoms with Gasteiger partial charge in [0, 0.05) is 56.3 Å². The normalized spacial score (nSPS) is 15.7. The Hall–Kier alpha value is -2.81. The summed E-state index contributed by atoms with van der Waals surface area (Å²) in [6, 6.07) is 3.51. The summed E-state index contributed by atoms with van der Waals surface area (Å²) in [5.74, 6) is 1.57. The maximum Gasteiger partial charge on any atom is 0.254 e. The van der Waals surface area contributed by atoms with Crippen molar-refractivity contribution in [3.63, 3.8) is 0 Å². The highest BCUT2D eigenvalue weighted by Crippen LogP contribution is 2.27. The number of likely N-dealkylation sites (N-methyl/N-ethyl adjacent to an activating group) is 1. The van der Waals surface area contributed by atoms with Crippen molar-refractivity contribution in [2.24, 2.45) is 0 Å². The zero-order chi connectivity index (χ0) is 18.8. The number of carbonyl (C=O) groups is 1. The van der Waals surface area contributed by atoms with E-state index in [4.69, 9.17) is 0 Å². The van der Waals surface area contributed by atoms with Crippen LogP contribution in [-0.2, 0) is 6.54 Å². The van der Waals surface area contributed by atoms with Crippen molar-refractivity contribution in [2.75, 3.05) is 33.7 Å². The van der Waals surface area contributed by atoms with Gasteiger partial charge in [0.1, 0.15) is 5.82 Å². The first-order valence-corrected chi connectivity index (χ1v) is 9.24. The van der Waals surface area contributed by atoms with Gasteiger partial charge in [0.2, 0.25) is 0 Å². The highest BCUT2D eigenvalue weighted by molar-refractivity contribution is 5.95. The molecule has 1 fully saturated rings. The minimum absolute atomic E-state index is 0.0369. The summed E-state index contributed by atoms with van der Waals surface area (Å²) in [7, 11) is 4.15. The molecule has 0 radical (unpaired) electrons. The first-order chi connectivity index (χ1) is 13.1. The molecule has 1 aliphatic rings. The fourth-order valence-corrected chi connectivity index (χ4v) is 3.57. The number of fused-ring (bicyclic) bond motifs is 1. The molecule has 0 bridgehead atoms. The van der Waals surface area contributed by atoms with Gasteiger partial charge in [0.05, 0.1) is 0 Å². The van der Waals surface area contributed by atoms with E-state index in [-0.39, 0.29) is 5.91 Å². The Morgan fingerprint density at radius 2 is 2.07 bits per heavy atom. The SMILES string of the molecule is CN(C)CCn1ccnc1C1CCN(C(=O)c2ccn3nnnc3c2)CC1. The van der Waals surface area contributed by atoms with Gasteiger partial charge in [-0.2, -0.15) is 0 Å². The predicted octanol–water partition coefficient (Wildman–Crippen LogP) is 0.902. The number of nitrogens with zero attached hydrogens (tertiary/aromatic N) is 8. The first kappa shape index (κ1) is 17.6. The Labute approximate surface area is 157 Å². The molecule has 0 N–H and O–H groups in total. The lowest BCUT2D eigenvalue weighted by Gasteiger charge is -2.32. The molecule has 0 saturated carbocycles. The van der Waals surface area contributed by atoms with Crippen molar-refractivity contribution in [1.29, 1.82) is 0 Å². The number of likely N-dealkylation sites (tertiary alicyclic amines) is 1. The van der Waals surface area contributed by atoms with E-state index in [2.05, 4.69) is 50.3 Å². The number of hydrogen-bond donors (Lipinski definition) is 0. The number of piperidine rings is 1. The van der Waals surface area contributed by atoms with Crippen molar-refractivity contribution < 1.29 is 4.79 Å². The van der Waals surface area contributed by atoms with Crippen molar-refractivity contribution in [2.45, 2.75) is 25.3 Å². The van der Waals surface area contributed by atoms with Crippen molar-refractivity contribution in [1.82, 2.24) is 39.4 Å². The van der Waals surface area contributed by atoms with Crippen LogP contribution in [0.15, 0.2) is 30.7 Å². The van der Waals surface area contributed by atoms with Crippen LogP contribution in [0.25, 0.3) is 5.65 Å². The van der Waals surface area contributed by atoms with Gasteiger partial charge in [-0.25, -0.2) is 9.50 Å². The number of carbonyl (C=O) groups excluding carboxylic acids is 1. The van der Waals surface area contributed by atoms with Gasteiger partial charge in [-0.1, -0.05) is 0 Å². The Bertz CT molecular complexity index is 922. The lowest BCUT2D eigenvalue weighted by Crippen LogP contribution is -2.38. The van der Waals surface area contributed by atoms with Crippen LogP contribution in [0.1, 0.15) is 34.9 Å². The van der Waals surface area contributed by atoms with Gasteiger partial charge >= 0.3 is 0 Å². The minimum atomic E-state index is 0.0369. The van der Waals surface area contributed by atoms with Crippen LogP contribution < -0.4 is 0 Å². The third-order valence-electron chi connectivity index (χ3n) is 5.13. The Morgan fingerprint density at radius 3 is 2.85 bits per heavy atom. The third kappa shape index (κ3) is 3.68. The van der Waals surface area contributed by atoms with Gasteiger partial charge in [-0.3, -0.25) is 4.79 Å². The average Bonchev–Trinajstić information content (AvgIpc) is 3.34. The van der Waals surface area contributed by atoms with E-state index in [1.54, 1.807) is 22.8 Å². The second-order valence-electron chi connectivity index (χ2n) is 7.25. The fraction of sp³-hybridized carbons (Fsp3) is 0.500. The summed E-state index contributed by atoms with van der Waals surface area (Å²) in [6.45, 7) is 3.40. The van der Waals surface area contributed by atoms with E-state index < -0.39 is 0 Å². The van der Waals surface area contributed by atoms with Crippen LogP contribution in [0.5, 0.6) is 0 Å². The summed E-state index contributed by atoms with van der Waals surface area (Å²) in [4.78, 5) is 21.5. The maximum atomic E-state index is 12.8. The minimum Gasteiger partial charge on any atom is -0.339 e. The first-order valence-electron chi connectivity index (χ1n) is 9.24. The van der Waals surface area contributed by atoms with Gasteiger partial charge in [0.25, 0.3) is 5.91 Å². The topological polar surface area (TPSA) is 84.5 Å². The Morgan fingerprint density at radius 1 is 1.26 bits per heavy atom. The largest absolute Gasteiger partial charge is 0.339 e. The van der Waals surface area contributed by atoms with Gasteiger partial charge in [0.15, 0.2) is 5.65 Å². The third-order valence-corrected chi connectivity index (χ3v) is 5.13. The van der Waals surface area contributed by atoms with Crippen LogP contribution in [0.2, 0.25) is 0 Å². The van der Waals surface area contributed by atoms with Crippen LogP contribution in [0.3, 0.4) is 0 Å². The fourth-order valence-electron chi connectivity index (χ4n) is 3.57. The Kier molecular flexibility index (Phi) is 4.85. The molecule has 0 unspecified atom stereocenters. The van der Waals surface area contributed by atoms with Gasteiger partial charge in [-0.05, 0) is 49.5 Å². The lowest BCUT2D eigenvalue weighted by atomic mass is 9.95. The number of tetrazole rings is 1. The Balaban J connectivity index is 1.40. The van der Waals surface area contributed by atoms with E-state index in [1.165, 1.54) is 0 Å². The van der Waals surface area contributed by atoms with E-state index in [9.17, 15) is 4.79 Å². The quantitative estimate of drug-likeness (QED) is 0.665. The highest BCUT2D eigenvalue weighted by atomic mass is 16.2. The molecule has 1 saturated heterocycles. The molecule has 4 rings (SSSR count). The molecule has 0 aromatic carbocycles. The molecule has 9 heteroatoms. The summed E-state index contributed by atoms with van der Waals surface area (Å²) in [5, 5.41) is 11.3. The number of hydrogen-bond acceptors (Lipinski definition) is 6. The molecule has 1 aliphatic heterocycles. The average molecular weight is 368 g/mol. The molecule has 3 aromatic rings. The smallest absolute Gasteiger partial charge is 0.254 e. The van der Waals surface area contributed by atoms with Gasteiger partial charge < -0.3 is 14.4 Å². The molecular formula is C18H24N8O. The molecule has 0 spiro atoms. The van der Waals surface area contributed by atoms with Gasteiger partial charge in [-0.15, -0.1) is 5.10 Å². The molecule has 1 amide bonds. The molecule has 9 nitrogen and oxygen atoms in total. The summed E-state index contributed by atoms with van der Waals surface area (Å²) in [5.41, 5.74) is 1.21. The molecule has 4 heterocycles. The molecular weight excluding hydrogens is 344 g/mol. The summed E-state index contributed by atoms with van der Waals surface area (Å²) < 4.78 is 3.80. The summed E-state index contributed by atoms with van der Waals surface area (Å²) in [6.07, 6.45) is 7.51. The van der Waals surface area contributed by atoms with E-state index in [0.29, 0.717) is 17.1 Å². The zero-order valence-electron chi connectivity index (χ0n) is 15.7. The molecule has 3 aromatic heterocycles. The van der Waals surface area contributed by atoms with E-state index in [1.807, 2.05) is 11.1 Å². The van der Waals surface area contributed by atoms with E-state index in [0.717, 1.165) is 44.8 Å². The summed E-state index contributed by atoms with van der Waals surface area (Å²) >= 11 is 0. The number of rotatable bonds is 5. The van der Waals surface area contributed by atoms with Crippen molar-refractivity contribution in [3.8, 4) is 0 Å². The zero-order valence-corrected chi connectivity index (χ0v) is 15.7. The van der Waals surface area contributed by atoms with Crippen molar-refractivity contribution >= 4 is 11.6 Å². The number of imidazole rings is 1. The molecule has 0 aliphatic carbocycles. The van der Waals surface area contributed by atoms with Crippen molar-refractivity contribution in [3.05, 3.63) is 42.1 Å². The monoisotopic (exact) mass is 368 g/mol.